The molecule has 1 heterocycles. The number of carbonyl (C=O) groups excluding carboxylic acids is 2. The molecule has 4 aromatic rings. The molecule has 0 saturated carbocycles. The van der Waals surface area contributed by atoms with Crippen LogP contribution in [0.4, 0.5) is 14.5 Å². The second-order valence-electron chi connectivity index (χ2n) is 7.44. The maximum atomic E-state index is 14.5. The first-order valence-corrected chi connectivity index (χ1v) is 10.7. The summed E-state index contributed by atoms with van der Waals surface area (Å²) in [4.78, 5) is 24.4. The normalized spacial score (nSPS) is 11.1. The van der Waals surface area contributed by atoms with E-state index in [9.17, 15) is 33.7 Å². The van der Waals surface area contributed by atoms with Crippen LogP contribution in [0.15, 0.2) is 67.0 Å². The average Bonchev–Trinajstić information content (AvgIpc) is 3.25. The van der Waals surface area contributed by atoms with Gasteiger partial charge >= 0.3 is 57.5 Å². The molecule has 13 heteroatoms. The van der Waals surface area contributed by atoms with Crippen molar-refractivity contribution in [2.45, 2.75) is 6.10 Å². The summed E-state index contributed by atoms with van der Waals surface area (Å²) in [5.41, 5.74) is -0.488. The van der Waals surface area contributed by atoms with Gasteiger partial charge in [-0.25, -0.2) is 18.4 Å². The number of halogens is 4. The Morgan fingerprint density at radius 1 is 1.03 bits per heavy atom. The number of anilines is 1. The summed E-state index contributed by atoms with van der Waals surface area (Å²) in [5, 5.41) is 34.0. The second-order valence-corrected chi connectivity index (χ2v) is 8.25. The van der Waals surface area contributed by atoms with Gasteiger partial charge in [-0.3, -0.25) is 4.79 Å². The maximum Gasteiger partial charge on any atom is 1.00 e. The van der Waals surface area contributed by atoms with Gasteiger partial charge < -0.3 is 20.1 Å². The van der Waals surface area contributed by atoms with Gasteiger partial charge in [-0.2, -0.15) is 22.8 Å². The Morgan fingerprint density at radius 2 is 1.76 bits per heavy atom. The molecule has 37 heavy (non-hydrogen) atoms. The second kappa shape index (κ2) is 11.8. The summed E-state index contributed by atoms with van der Waals surface area (Å²) < 4.78 is 29.3. The van der Waals surface area contributed by atoms with Crippen LogP contribution in [-0.4, -0.2) is 43.4 Å². The number of aliphatic hydroxyl groups is 3. The van der Waals surface area contributed by atoms with Crippen molar-refractivity contribution in [1.29, 1.82) is 0 Å². The Kier molecular flexibility index (Phi) is 9.40. The number of nitrogens with zero attached hydrogens (tertiary/aromatic N) is 3. The summed E-state index contributed by atoms with van der Waals surface area (Å²) in [7, 11) is 0. The van der Waals surface area contributed by atoms with Crippen LogP contribution in [0.2, 0.25) is 10.0 Å². The molecular formula is C24H14Cl2F2KN3O5. The summed E-state index contributed by atoms with van der Waals surface area (Å²) in [6.07, 6.45) is -0.369. The van der Waals surface area contributed by atoms with Crippen molar-refractivity contribution in [2.75, 3.05) is 4.90 Å². The molecule has 0 spiro atoms. The zero-order valence-electron chi connectivity index (χ0n) is 18.9. The molecule has 0 bridgehead atoms. The van der Waals surface area contributed by atoms with Gasteiger partial charge in [0, 0.05) is 5.02 Å². The van der Waals surface area contributed by atoms with E-state index in [1.165, 1.54) is 42.5 Å². The van der Waals surface area contributed by atoms with E-state index in [-0.39, 0.29) is 77.6 Å². The minimum Gasteiger partial charge on any atom is -0.376 e. The van der Waals surface area contributed by atoms with E-state index in [0.717, 1.165) is 29.2 Å². The number of benzene rings is 3. The van der Waals surface area contributed by atoms with Crippen LogP contribution in [0, 0.1) is 11.6 Å². The van der Waals surface area contributed by atoms with Crippen molar-refractivity contribution in [3.63, 3.8) is 0 Å². The molecule has 1 amide bonds. The van der Waals surface area contributed by atoms with Gasteiger partial charge in [-0.1, -0.05) is 47.0 Å². The van der Waals surface area contributed by atoms with Crippen LogP contribution in [0.1, 0.15) is 15.9 Å². The minimum atomic E-state index is -3.85. The number of rotatable bonds is 6. The van der Waals surface area contributed by atoms with Crippen molar-refractivity contribution in [3.8, 4) is 16.8 Å². The molecule has 0 aliphatic carbocycles. The standard InChI is InChI=1S/C24H14Cl2F2N3O5.K/c25-17-6-4-13(12-32)8-16(17)14-5-7-20(21(9-14)30-11-15(27)10-29-30)31(24(34,35)36)23(33)22-18(26)2-1-3-19(22)28;/h1-11,34-36H;/q-1;+1. The fourth-order valence-electron chi connectivity index (χ4n) is 3.53. The molecule has 8 nitrogen and oxygen atoms in total. The Hall–Kier alpha value is -2.03. The smallest absolute Gasteiger partial charge is 0.376 e. The fraction of sp³-hybridized carbons (Fsp3) is 0.0417. The van der Waals surface area contributed by atoms with Crippen molar-refractivity contribution in [2.24, 2.45) is 0 Å². The first kappa shape index (κ1) is 29.5. The number of amides is 1. The van der Waals surface area contributed by atoms with Crippen LogP contribution in [0.25, 0.3) is 16.8 Å². The number of carbonyl (C=O) groups is 1. The van der Waals surface area contributed by atoms with Crippen molar-refractivity contribution in [3.05, 3.63) is 99.8 Å². The van der Waals surface area contributed by atoms with Crippen LogP contribution in [0.3, 0.4) is 0 Å². The van der Waals surface area contributed by atoms with Crippen molar-refractivity contribution in [1.82, 2.24) is 9.78 Å². The van der Waals surface area contributed by atoms with Gasteiger partial charge in [0.2, 0.25) is 0 Å². The predicted octanol–water partition coefficient (Wildman–Crippen LogP) is 0.821. The van der Waals surface area contributed by atoms with Crippen LogP contribution >= 0.6 is 23.2 Å². The average molecular weight is 572 g/mol. The molecule has 0 radical (unpaired) electrons. The molecular weight excluding hydrogens is 558 g/mol. The monoisotopic (exact) mass is 571 g/mol. The van der Waals surface area contributed by atoms with E-state index < -0.39 is 34.9 Å². The molecule has 0 fully saturated rings. The third-order valence-electron chi connectivity index (χ3n) is 5.09. The minimum absolute atomic E-state index is 0. The zero-order valence-corrected chi connectivity index (χ0v) is 23.5. The maximum absolute atomic E-state index is 14.5. The first-order chi connectivity index (χ1) is 17.0. The van der Waals surface area contributed by atoms with Crippen LogP contribution in [-0.2, 0) is 4.79 Å². The molecule has 0 saturated heterocycles. The Labute approximate surface area is 261 Å². The fourth-order valence-corrected chi connectivity index (χ4v) is 4.00. The molecule has 0 unspecified atom stereocenters. The number of hydrogen-bond donors (Lipinski definition) is 3. The molecule has 0 atom stereocenters. The van der Waals surface area contributed by atoms with Gasteiger partial charge in [0.1, 0.15) is 5.82 Å². The van der Waals surface area contributed by atoms with Gasteiger partial charge in [0.15, 0.2) is 5.82 Å². The summed E-state index contributed by atoms with van der Waals surface area (Å²) >= 11 is 12.2. The topological polar surface area (TPSA) is 116 Å². The van der Waals surface area contributed by atoms with Crippen molar-refractivity contribution < 1.29 is 85.1 Å². The molecule has 184 valence electrons. The van der Waals surface area contributed by atoms with E-state index in [4.69, 9.17) is 23.2 Å². The van der Waals surface area contributed by atoms with Crippen LogP contribution in [0.5, 0.6) is 0 Å². The zero-order chi connectivity index (χ0) is 26.2. The van der Waals surface area contributed by atoms with Crippen LogP contribution < -0.4 is 56.3 Å². The Morgan fingerprint density at radius 3 is 2.35 bits per heavy atom. The van der Waals surface area contributed by atoms with E-state index in [2.05, 4.69) is 5.10 Å². The molecule has 0 aliphatic heterocycles. The molecule has 4 rings (SSSR count). The van der Waals surface area contributed by atoms with Crippen molar-refractivity contribution >= 4 is 41.1 Å². The Bertz CT molecular complexity index is 1470. The van der Waals surface area contributed by atoms with E-state index in [0.29, 0.717) is 11.1 Å². The molecule has 0 aliphatic rings. The van der Waals surface area contributed by atoms with Gasteiger partial charge in [-0.15, -0.1) is 0 Å². The van der Waals surface area contributed by atoms with Gasteiger partial charge in [0.25, 0.3) is 5.91 Å². The number of hydrogen-bond acceptors (Lipinski definition) is 6. The quantitative estimate of drug-likeness (QED) is 0.179. The summed E-state index contributed by atoms with van der Waals surface area (Å²) in [6.45, 7) is 0. The first-order valence-electron chi connectivity index (χ1n) is 9.99. The summed E-state index contributed by atoms with van der Waals surface area (Å²) in [6, 6.07) is 11.5. The predicted molar refractivity (Wildman–Crippen MR) is 126 cm³/mol. The van der Waals surface area contributed by atoms with E-state index in [1.807, 2.05) is 0 Å². The van der Waals surface area contributed by atoms with Gasteiger partial charge in [-0.05, 0) is 29.8 Å². The van der Waals surface area contributed by atoms with E-state index >= 15 is 0 Å². The molecule has 3 N–H and O–H groups in total. The number of aromatic nitrogens is 2. The SMILES string of the molecule is O=[C-]c1ccc(Cl)c(-c2ccc(N(C(=O)c3c(F)cccc3Cl)C(O)(O)O)c(-n3cc(F)cn3)c2)c1.[K+]. The third-order valence-corrected chi connectivity index (χ3v) is 5.73. The largest absolute Gasteiger partial charge is 1.00 e. The molecule has 3 aromatic carbocycles. The summed E-state index contributed by atoms with van der Waals surface area (Å²) in [5.74, 6) is -3.30. The third kappa shape index (κ3) is 6.18. The van der Waals surface area contributed by atoms with E-state index in [1.54, 1.807) is 6.29 Å². The van der Waals surface area contributed by atoms with Gasteiger partial charge in [0.05, 0.1) is 40.6 Å². The Balaban J connectivity index is 0.00000380. The molecule has 1 aromatic heterocycles.